The van der Waals surface area contributed by atoms with Crippen LogP contribution in [0.15, 0.2) is 11.6 Å². The second kappa shape index (κ2) is 6.23. The fourth-order valence-electron chi connectivity index (χ4n) is 2.45. The summed E-state index contributed by atoms with van der Waals surface area (Å²) in [4.78, 5) is 0. The molecule has 1 aliphatic carbocycles. The number of hydrogen-bond donors (Lipinski definition) is 0. The smallest absolute Gasteiger partial charge is 0.0203 e. The van der Waals surface area contributed by atoms with Crippen LogP contribution in [0.25, 0.3) is 0 Å². The first-order valence-electron chi connectivity index (χ1n) is 6.07. The molecule has 1 unspecified atom stereocenters. The van der Waals surface area contributed by atoms with Crippen LogP contribution in [0.4, 0.5) is 0 Å². The third-order valence-electron chi connectivity index (χ3n) is 3.11. The van der Waals surface area contributed by atoms with Crippen LogP contribution in [0, 0.1) is 5.92 Å². The highest BCUT2D eigenvalue weighted by Crippen LogP contribution is 2.30. The van der Waals surface area contributed by atoms with E-state index in [2.05, 4.69) is 19.9 Å². The molecule has 1 atom stereocenters. The van der Waals surface area contributed by atoms with Crippen LogP contribution in [0.1, 0.15) is 65.2 Å². The summed E-state index contributed by atoms with van der Waals surface area (Å²) >= 11 is 0. The van der Waals surface area contributed by atoms with Gasteiger partial charge in [0.2, 0.25) is 0 Å². The molecule has 0 aromatic carbocycles. The fourth-order valence-corrected chi connectivity index (χ4v) is 2.45. The molecule has 0 heterocycles. The molecule has 0 aliphatic heterocycles. The molecule has 0 bridgehead atoms. The monoisotopic (exact) mass is 180 g/mol. The summed E-state index contributed by atoms with van der Waals surface area (Å²) in [5.41, 5.74) is 1.78. The van der Waals surface area contributed by atoms with Gasteiger partial charge in [-0.1, -0.05) is 44.8 Å². The van der Waals surface area contributed by atoms with E-state index < -0.39 is 0 Å². The standard InChI is InChI=1S/C13H24/c1-3-8-12-10-6-5-7-11-13(12)9-4-2/h10,13H,3-9,11H2,1-2H3. The van der Waals surface area contributed by atoms with Crippen molar-refractivity contribution in [1.29, 1.82) is 0 Å². The Morgan fingerprint density at radius 2 is 2.08 bits per heavy atom. The van der Waals surface area contributed by atoms with Crippen molar-refractivity contribution in [3.63, 3.8) is 0 Å². The maximum atomic E-state index is 2.54. The minimum atomic E-state index is 0.937. The maximum absolute atomic E-state index is 2.54. The zero-order valence-electron chi connectivity index (χ0n) is 9.31. The average Bonchev–Trinajstić information content (AvgIpc) is 2.33. The number of hydrogen-bond acceptors (Lipinski definition) is 0. The van der Waals surface area contributed by atoms with Crippen molar-refractivity contribution in [1.82, 2.24) is 0 Å². The highest BCUT2D eigenvalue weighted by Gasteiger charge is 2.14. The summed E-state index contributed by atoms with van der Waals surface area (Å²) in [6.45, 7) is 4.61. The molecule has 13 heavy (non-hydrogen) atoms. The fraction of sp³-hybridized carbons (Fsp3) is 0.846. The van der Waals surface area contributed by atoms with Crippen molar-refractivity contribution in [3.05, 3.63) is 11.6 Å². The number of allylic oxidation sites excluding steroid dienone is 2. The third-order valence-corrected chi connectivity index (χ3v) is 3.11. The van der Waals surface area contributed by atoms with E-state index in [9.17, 15) is 0 Å². The van der Waals surface area contributed by atoms with Crippen molar-refractivity contribution < 1.29 is 0 Å². The molecule has 0 nitrogen and oxygen atoms in total. The van der Waals surface area contributed by atoms with Gasteiger partial charge in [-0.15, -0.1) is 0 Å². The van der Waals surface area contributed by atoms with Crippen LogP contribution in [0.3, 0.4) is 0 Å². The van der Waals surface area contributed by atoms with E-state index in [1.807, 2.05) is 0 Å². The van der Waals surface area contributed by atoms with Crippen LogP contribution in [-0.4, -0.2) is 0 Å². The first-order chi connectivity index (χ1) is 6.38. The Kier molecular flexibility index (Phi) is 5.19. The van der Waals surface area contributed by atoms with Gasteiger partial charge in [-0.3, -0.25) is 0 Å². The first kappa shape index (κ1) is 10.8. The highest BCUT2D eigenvalue weighted by atomic mass is 14.2. The molecule has 0 aromatic rings. The second-order valence-corrected chi connectivity index (χ2v) is 4.30. The minimum Gasteiger partial charge on any atom is -0.0851 e. The lowest BCUT2D eigenvalue weighted by atomic mass is 9.88. The quantitative estimate of drug-likeness (QED) is 0.550. The van der Waals surface area contributed by atoms with E-state index in [1.165, 1.54) is 51.4 Å². The van der Waals surface area contributed by atoms with Gasteiger partial charge in [-0.25, -0.2) is 0 Å². The minimum absolute atomic E-state index is 0.937. The van der Waals surface area contributed by atoms with Crippen LogP contribution in [0.2, 0.25) is 0 Å². The Hall–Kier alpha value is -0.260. The lowest BCUT2D eigenvalue weighted by Crippen LogP contribution is -2.02. The van der Waals surface area contributed by atoms with E-state index in [1.54, 1.807) is 5.57 Å². The molecule has 0 radical (unpaired) electrons. The van der Waals surface area contributed by atoms with Crippen molar-refractivity contribution in [2.75, 3.05) is 0 Å². The zero-order chi connectivity index (χ0) is 9.52. The Morgan fingerprint density at radius 1 is 1.23 bits per heavy atom. The van der Waals surface area contributed by atoms with Gasteiger partial charge in [0, 0.05) is 0 Å². The Morgan fingerprint density at radius 3 is 2.77 bits per heavy atom. The van der Waals surface area contributed by atoms with E-state index in [0.717, 1.165) is 5.92 Å². The van der Waals surface area contributed by atoms with Crippen LogP contribution in [0.5, 0.6) is 0 Å². The molecule has 0 fully saturated rings. The van der Waals surface area contributed by atoms with Gasteiger partial charge >= 0.3 is 0 Å². The molecule has 1 rings (SSSR count). The third kappa shape index (κ3) is 3.54. The van der Waals surface area contributed by atoms with Gasteiger partial charge in [0.1, 0.15) is 0 Å². The zero-order valence-corrected chi connectivity index (χ0v) is 9.31. The summed E-state index contributed by atoms with van der Waals surface area (Å²) < 4.78 is 0. The molecular weight excluding hydrogens is 156 g/mol. The number of rotatable bonds is 4. The molecule has 0 aromatic heterocycles. The predicted molar refractivity (Wildman–Crippen MR) is 59.9 cm³/mol. The average molecular weight is 180 g/mol. The lowest BCUT2D eigenvalue weighted by molar-refractivity contribution is 0.483. The topological polar surface area (TPSA) is 0 Å². The summed E-state index contributed by atoms with van der Waals surface area (Å²) in [6, 6.07) is 0. The largest absolute Gasteiger partial charge is 0.0851 e. The summed E-state index contributed by atoms with van der Waals surface area (Å²) in [7, 11) is 0. The van der Waals surface area contributed by atoms with Gasteiger partial charge in [0.15, 0.2) is 0 Å². The Balaban J connectivity index is 2.52. The van der Waals surface area contributed by atoms with Crippen LogP contribution >= 0.6 is 0 Å². The predicted octanol–water partition coefficient (Wildman–Crippen LogP) is 4.70. The lowest BCUT2D eigenvalue weighted by Gasteiger charge is -2.17. The molecule has 0 saturated heterocycles. The molecular formula is C13H24. The van der Waals surface area contributed by atoms with Crippen molar-refractivity contribution in [3.8, 4) is 0 Å². The molecule has 0 saturated carbocycles. The van der Waals surface area contributed by atoms with E-state index >= 15 is 0 Å². The van der Waals surface area contributed by atoms with E-state index in [0.29, 0.717) is 0 Å². The van der Waals surface area contributed by atoms with E-state index in [-0.39, 0.29) is 0 Å². The van der Waals surface area contributed by atoms with Crippen LogP contribution in [-0.2, 0) is 0 Å². The van der Waals surface area contributed by atoms with Crippen molar-refractivity contribution in [2.45, 2.75) is 65.2 Å². The maximum Gasteiger partial charge on any atom is -0.0203 e. The summed E-state index contributed by atoms with van der Waals surface area (Å²) in [5.74, 6) is 0.937. The van der Waals surface area contributed by atoms with Crippen molar-refractivity contribution >= 4 is 0 Å². The molecule has 76 valence electrons. The normalized spacial score (nSPS) is 23.8. The van der Waals surface area contributed by atoms with Gasteiger partial charge < -0.3 is 0 Å². The summed E-state index contributed by atoms with van der Waals surface area (Å²) in [6.07, 6.45) is 13.7. The van der Waals surface area contributed by atoms with Gasteiger partial charge in [0.25, 0.3) is 0 Å². The second-order valence-electron chi connectivity index (χ2n) is 4.30. The highest BCUT2D eigenvalue weighted by molar-refractivity contribution is 5.08. The van der Waals surface area contributed by atoms with Crippen LogP contribution < -0.4 is 0 Å². The Labute approximate surface area is 83.4 Å². The van der Waals surface area contributed by atoms with Gasteiger partial charge in [-0.05, 0) is 38.0 Å². The van der Waals surface area contributed by atoms with Gasteiger partial charge in [-0.2, -0.15) is 0 Å². The van der Waals surface area contributed by atoms with Crippen molar-refractivity contribution in [2.24, 2.45) is 5.92 Å². The SMILES string of the molecule is CCCC1=CCCCCC1CCC. The van der Waals surface area contributed by atoms with E-state index in [4.69, 9.17) is 0 Å². The molecule has 0 amide bonds. The summed E-state index contributed by atoms with van der Waals surface area (Å²) in [5, 5.41) is 0. The molecule has 0 spiro atoms. The van der Waals surface area contributed by atoms with Gasteiger partial charge in [0.05, 0.1) is 0 Å². The molecule has 1 aliphatic rings. The molecule has 0 heteroatoms. The Bertz CT molecular complexity index is 155. The molecule has 0 N–H and O–H groups in total. The first-order valence-corrected chi connectivity index (χ1v) is 6.07.